The molecule has 0 unspecified atom stereocenters. The van der Waals surface area contributed by atoms with E-state index in [0.29, 0.717) is 0 Å². The number of fused-ring (bicyclic) bond motifs is 1. The van der Waals surface area contributed by atoms with Gasteiger partial charge in [0.1, 0.15) is 5.69 Å². The maximum absolute atomic E-state index is 13.2. The Balaban J connectivity index is 2.17. The number of aromatic nitrogens is 2. The van der Waals surface area contributed by atoms with Crippen molar-refractivity contribution < 1.29 is 21.6 Å². The molecule has 0 amide bonds. The van der Waals surface area contributed by atoms with Crippen LogP contribution in [0.2, 0.25) is 10.0 Å². The van der Waals surface area contributed by atoms with E-state index < -0.39 is 27.2 Å². The Morgan fingerprint density at radius 3 is 2.52 bits per heavy atom. The van der Waals surface area contributed by atoms with Crippen molar-refractivity contribution in [3.8, 4) is 11.3 Å². The van der Waals surface area contributed by atoms with Gasteiger partial charge in [-0.05, 0) is 30.7 Å². The second-order valence-corrected chi connectivity index (χ2v) is 9.37. The third-order valence-electron chi connectivity index (χ3n) is 4.40. The van der Waals surface area contributed by atoms with E-state index >= 15 is 0 Å². The van der Waals surface area contributed by atoms with E-state index in [4.69, 9.17) is 23.2 Å². The Morgan fingerprint density at radius 1 is 1.16 bits per heavy atom. The molecule has 1 N–H and O–H groups in total. The Kier molecular flexibility index (Phi) is 6.66. The molecule has 2 aromatic carbocycles. The van der Waals surface area contributed by atoms with Gasteiger partial charge in [0.05, 0.1) is 27.4 Å². The van der Waals surface area contributed by atoms with E-state index in [1.165, 1.54) is 16.8 Å². The molecule has 0 spiro atoms. The summed E-state index contributed by atoms with van der Waals surface area (Å²) in [6.45, 7) is 0.0894. The molecule has 1 aromatic heterocycles. The van der Waals surface area contributed by atoms with E-state index in [1.54, 1.807) is 6.07 Å². The lowest BCUT2D eigenvalue weighted by Crippen LogP contribution is -2.25. The van der Waals surface area contributed by atoms with Gasteiger partial charge < -0.3 is 0 Å². The largest absolute Gasteiger partial charge is 0.416 e. The van der Waals surface area contributed by atoms with Gasteiger partial charge in [-0.3, -0.25) is 9.48 Å². The molecule has 0 fully saturated rings. The molecule has 3 rings (SSSR count). The van der Waals surface area contributed by atoms with Crippen LogP contribution >= 0.6 is 23.2 Å². The van der Waals surface area contributed by atoms with Crippen molar-refractivity contribution >= 4 is 44.1 Å². The molecule has 0 aliphatic carbocycles. The standard InChI is InChI=1S/C19H16Cl2F3N3O3S/c1-31(29,30)25-8-3-9-27-15-10-11(19(22,23)24)6-7-12(15)18(28)17(26-27)13-4-2-5-14(20)16(13)21/h2,4-7,10,25H,3,8-9H2,1H3. The number of sulfonamides is 1. The highest BCUT2D eigenvalue weighted by molar-refractivity contribution is 7.88. The summed E-state index contributed by atoms with van der Waals surface area (Å²) in [6, 6.07) is 7.39. The minimum absolute atomic E-state index is 0.0186. The number of benzene rings is 2. The van der Waals surface area contributed by atoms with E-state index in [9.17, 15) is 26.4 Å². The first kappa shape index (κ1) is 23.5. The molecule has 1 heterocycles. The van der Waals surface area contributed by atoms with Crippen LogP contribution in [0.5, 0.6) is 0 Å². The Labute approximate surface area is 185 Å². The smallest absolute Gasteiger partial charge is 0.287 e. The molecule has 6 nitrogen and oxygen atoms in total. The maximum Gasteiger partial charge on any atom is 0.416 e. The fraction of sp³-hybridized carbons (Fsp3) is 0.263. The van der Waals surface area contributed by atoms with Crippen molar-refractivity contribution in [2.75, 3.05) is 12.8 Å². The number of nitrogens with one attached hydrogen (secondary N) is 1. The van der Waals surface area contributed by atoms with Crippen molar-refractivity contribution in [3.05, 3.63) is 62.2 Å². The predicted molar refractivity (Wildman–Crippen MR) is 114 cm³/mol. The van der Waals surface area contributed by atoms with Crippen LogP contribution in [0.15, 0.2) is 41.2 Å². The summed E-state index contributed by atoms with van der Waals surface area (Å²) in [6.07, 6.45) is -3.40. The molecule has 0 aliphatic rings. The van der Waals surface area contributed by atoms with Crippen LogP contribution < -0.4 is 10.2 Å². The lowest BCUT2D eigenvalue weighted by molar-refractivity contribution is -0.137. The first-order valence-electron chi connectivity index (χ1n) is 8.89. The number of nitrogens with zero attached hydrogens (tertiary/aromatic N) is 2. The van der Waals surface area contributed by atoms with Gasteiger partial charge >= 0.3 is 6.18 Å². The third-order valence-corrected chi connectivity index (χ3v) is 5.95. The van der Waals surface area contributed by atoms with Gasteiger partial charge in [-0.15, -0.1) is 0 Å². The van der Waals surface area contributed by atoms with Crippen molar-refractivity contribution in [1.29, 1.82) is 0 Å². The molecule has 0 saturated carbocycles. The number of alkyl halides is 3. The predicted octanol–water partition coefficient (Wildman–Crippen LogP) is 4.33. The second-order valence-electron chi connectivity index (χ2n) is 6.75. The summed E-state index contributed by atoms with van der Waals surface area (Å²) in [5.74, 6) is 0. The second kappa shape index (κ2) is 8.78. The van der Waals surface area contributed by atoms with E-state index in [2.05, 4.69) is 9.82 Å². The van der Waals surface area contributed by atoms with Crippen molar-refractivity contribution in [2.24, 2.45) is 0 Å². The van der Waals surface area contributed by atoms with Crippen LogP contribution in [0.1, 0.15) is 12.0 Å². The monoisotopic (exact) mass is 493 g/mol. The van der Waals surface area contributed by atoms with Crippen LogP contribution in [0.25, 0.3) is 22.2 Å². The molecule has 0 atom stereocenters. The zero-order chi connectivity index (χ0) is 23.0. The van der Waals surface area contributed by atoms with E-state index in [-0.39, 0.29) is 51.7 Å². The molecule has 0 radical (unpaired) electrons. The SMILES string of the molecule is CS(=O)(=O)NCCCn1nc(-c2cccc(Cl)c2Cl)c(=O)c2ccc(C(F)(F)F)cc21. The normalized spacial score (nSPS) is 12.5. The maximum atomic E-state index is 13.2. The Hall–Kier alpha value is -2.14. The average molecular weight is 494 g/mol. The Morgan fingerprint density at radius 2 is 1.87 bits per heavy atom. The summed E-state index contributed by atoms with van der Waals surface area (Å²) in [5.41, 5.74) is -1.39. The first-order valence-corrected chi connectivity index (χ1v) is 11.5. The summed E-state index contributed by atoms with van der Waals surface area (Å²) in [7, 11) is -3.43. The zero-order valence-corrected chi connectivity index (χ0v) is 18.3. The van der Waals surface area contributed by atoms with Crippen LogP contribution in [0.3, 0.4) is 0 Å². The topological polar surface area (TPSA) is 81.1 Å². The summed E-state index contributed by atoms with van der Waals surface area (Å²) in [5, 5.41) is 4.54. The van der Waals surface area contributed by atoms with Gasteiger partial charge in [0.15, 0.2) is 0 Å². The zero-order valence-electron chi connectivity index (χ0n) is 16.0. The van der Waals surface area contributed by atoms with E-state index in [0.717, 1.165) is 24.5 Å². The summed E-state index contributed by atoms with van der Waals surface area (Å²) in [4.78, 5) is 13.0. The average Bonchev–Trinajstić information content (AvgIpc) is 2.67. The lowest BCUT2D eigenvalue weighted by atomic mass is 10.1. The number of rotatable bonds is 6. The number of hydrogen-bond acceptors (Lipinski definition) is 4. The van der Waals surface area contributed by atoms with Crippen LogP contribution in [-0.4, -0.2) is 31.0 Å². The fourth-order valence-electron chi connectivity index (χ4n) is 2.98. The number of aryl methyl sites for hydroxylation is 1. The van der Waals surface area contributed by atoms with Gasteiger partial charge in [-0.2, -0.15) is 18.3 Å². The molecule has 0 saturated heterocycles. The fourth-order valence-corrected chi connectivity index (χ4v) is 3.89. The van der Waals surface area contributed by atoms with Crippen LogP contribution in [-0.2, 0) is 22.7 Å². The highest BCUT2D eigenvalue weighted by Gasteiger charge is 2.31. The molecule has 12 heteroatoms. The molecule has 166 valence electrons. The quantitative estimate of drug-likeness (QED) is 0.518. The molecule has 0 bridgehead atoms. The van der Waals surface area contributed by atoms with Crippen LogP contribution in [0.4, 0.5) is 13.2 Å². The van der Waals surface area contributed by atoms with E-state index in [1.807, 2.05) is 0 Å². The molecular formula is C19H16Cl2F3N3O3S. The molecule has 31 heavy (non-hydrogen) atoms. The van der Waals surface area contributed by atoms with Crippen molar-refractivity contribution in [3.63, 3.8) is 0 Å². The lowest BCUT2D eigenvalue weighted by Gasteiger charge is -2.15. The Bertz CT molecular complexity index is 1310. The van der Waals surface area contributed by atoms with Crippen molar-refractivity contribution in [2.45, 2.75) is 19.1 Å². The third kappa shape index (κ3) is 5.38. The summed E-state index contributed by atoms with van der Waals surface area (Å²) < 4.78 is 65.6. The van der Waals surface area contributed by atoms with Gasteiger partial charge in [-0.25, -0.2) is 13.1 Å². The first-order chi connectivity index (χ1) is 14.4. The van der Waals surface area contributed by atoms with Gasteiger partial charge in [0.2, 0.25) is 15.5 Å². The van der Waals surface area contributed by atoms with Gasteiger partial charge in [0.25, 0.3) is 0 Å². The minimum Gasteiger partial charge on any atom is -0.287 e. The van der Waals surface area contributed by atoms with Gasteiger partial charge in [0, 0.05) is 24.0 Å². The highest BCUT2D eigenvalue weighted by Crippen LogP contribution is 2.33. The number of halogens is 5. The van der Waals surface area contributed by atoms with Crippen molar-refractivity contribution in [1.82, 2.24) is 14.5 Å². The van der Waals surface area contributed by atoms with Gasteiger partial charge in [-0.1, -0.05) is 35.3 Å². The molecule has 0 aliphatic heterocycles. The molecular weight excluding hydrogens is 478 g/mol. The number of hydrogen-bond donors (Lipinski definition) is 1. The van der Waals surface area contributed by atoms with Crippen LogP contribution in [0, 0.1) is 0 Å². The minimum atomic E-state index is -4.61. The molecule has 3 aromatic rings. The highest BCUT2D eigenvalue weighted by atomic mass is 35.5. The summed E-state index contributed by atoms with van der Waals surface area (Å²) >= 11 is 12.3.